The first-order chi connectivity index (χ1) is 21.4. The van der Waals surface area contributed by atoms with Gasteiger partial charge in [-0.05, 0) is 82.4 Å². The quantitative estimate of drug-likeness (QED) is 0.206. The molecule has 3 aromatic rings. The molecule has 3 aliphatic carbocycles. The van der Waals surface area contributed by atoms with E-state index in [0.29, 0.717) is 46.7 Å². The van der Waals surface area contributed by atoms with Crippen LogP contribution in [0.2, 0.25) is 0 Å². The van der Waals surface area contributed by atoms with Gasteiger partial charge in [0.05, 0.1) is 30.6 Å². The van der Waals surface area contributed by atoms with E-state index in [1.807, 2.05) is 19.9 Å². The van der Waals surface area contributed by atoms with Gasteiger partial charge >= 0.3 is 0 Å². The van der Waals surface area contributed by atoms with Crippen LogP contribution in [0.4, 0.5) is 0 Å². The summed E-state index contributed by atoms with van der Waals surface area (Å²) in [5.74, 6) is 2.84. The molecule has 2 unspecified atom stereocenters. The Bertz CT molecular complexity index is 1620. The molecule has 2 aliphatic heterocycles. The minimum Gasteiger partial charge on any atom is -0.489 e. The van der Waals surface area contributed by atoms with Gasteiger partial charge in [0.25, 0.3) is 5.19 Å². The van der Waals surface area contributed by atoms with Gasteiger partial charge in [0, 0.05) is 27.1 Å². The van der Waals surface area contributed by atoms with Crippen LogP contribution in [0.15, 0.2) is 32.8 Å². The molecule has 4 heterocycles. The topological polar surface area (TPSA) is 85.1 Å². The number of fused-ring (bicyclic) bond motifs is 2. The third-order valence-electron chi connectivity index (χ3n) is 8.94. The summed E-state index contributed by atoms with van der Waals surface area (Å²) >= 11 is 14.8. The summed E-state index contributed by atoms with van der Waals surface area (Å²) in [6.45, 7) is 5.21. The lowest BCUT2D eigenvalue weighted by atomic mass is 9.99. The van der Waals surface area contributed by atoms with Gasteiger partial charge in [-0.1, -0.05) is 45.8 Å². The summed E-state index contributed by atoms with van der Waals surface area (Å²) in [5, 5.41) is 6.33. The van der Waals surface area contributed by atoms with Gasteiger partial charge in [0.2, 0.25) is 0 Å². The van der Waals surface area contributed by atoms with Crippen molar-refractivity contribution in [2.24, 2.45) is 5.92 Å². The summed E-state index contributed by atoms with van der Waals surface area (Å²) in [6.07, 6.45) is 8.43. The Morgan fingerprint density at radius 3 is 2.59 bits per heavy atom. The average molecular weight is 660 g/mol. The van der Waals surface area contributed by atoms with Crippen molar-refractivity contribution in [2.45, 2.75) is 102 Å². The molecule has 0 bridgehead atoms. The molecule has 0 N–H and O–H groups in total. The number of aromatic nitrogens is 2. The van der Waals surface area contributed by atoms with Gasteiger partial charge in [0.1, 0.15) is 41.0 Å². The van der Waals surface area contributed by atoms with Crippen molar-refractivity contribution in [2.75, 3.05) is 13.2 Å². The van der Waals surface area contributed by atoms with Crippen molar-refractivity contribution in [1.29, 1.82) is 0 Å². The predicted octanol–water partition coefficient (Wildman–Crippen LogP) is 7.90. The van der Waals surface area contributed by atoms with Crippen LogP contribution >= 0.6 is 34.5 Å². The SMILES string of the molecule is CC(C)Oc1cc(CC2CC2)cc2sc(OC3CO[C@@H]4C(OCc5c(C6=C(Cl)CCC=C6Cl)noc5C5CC5)CO[C@H]34)nc12. The van der Waals surface area contributed by atoms with Crippen molar-refractivity contribution >= 4 is 50.3 Å². The second-order valence-electron chi connectivity index (χ2n) is 12.9. The molecule has 8 rings (SSSR count). The van der Waals surface area contributed by atoms with Crippen molar-refractivity contribution in [1.82, 2.24) is 10.1 Å². The number of ether oxygens (including phenoxy) is 5. The van der Waals surface area contributed by atoms with E-state index in [0.717, 1.165) is 70.9 Å². The van der Waals surface area contributed by atoms with Gasteiger partial charge < -0.3 is 28.2 Å². The Hall–Kier alpha value is -2.14. The second kappa shape index (κ2) is 11.9. The number of allylic oxidation sites excluding steroid dienone is 4. The molecule has 2 aromatic heterocycles. The van der Waals surface area contributed by atoms with Gasteiger partial charge in [0.15, 0.2) is 6.10 Å². The fraction of sp³-hybridized carbons (Fsp3) is 0.576. The average Bonchev–Trinajstić information content (AvgIpc) is 3.81. The van der Waals surface area contributed by atoms with Crippen LogP contribution in [0.25, 0.3) is 15.8 Å². The van der Waals surface area contributed by atoms with Crippen LogP contribution in [0, 0.1) is 5.92 Å². The number of thiazole rings is 1. The lowest BCUT2D eigenvalue weighted by Gasteiger charge is -2.18. The Kier molecular flexibility index (Phi) is 7.92. The zero-order valence-corrected chi connectivity index (χ0v) is 27.2. The normalized spacial score (nSPS) is 27.0. The highest BCUT2D eigenvalue weighted by atomic mass is 35.5. The zero-order valence-electron chi connectivity index (χ0n) is 24.9. The standard InChI is InChI=1S/C33H36Cl2N2O6S/c1-16(2)41-23-11-18(10-17-6-7-17)12-26-29(23)36-33(44-26)42-25-15-40-31-24(14-39-32(25)31)38-13-20-28(37-43-30(20)19-8-9-19)27-21(34)4-3-5-22(27)35/h4,11-12,16-17,19,24-25,31-32H,3,5-10,13-15H2,1-2H3/t24?,25?,31-,32-/m1/s1. The molecule has 0 spiro atoms. The van der Waals surface area contributed by atoms with Crippen LogP contribution in [-0.2, 0) is 27.2 Å². The Morgan fingerprint density at radius 2 is 1.84 bits per heavy atom. The van der Waals surface area contributed by atoms with E-state index in [4.69, 9.17) is 56.4 Å². The Morgan fingerprint density at radius 1 is 1.05 bits per heavy atom. The van der Waals surface area contributed by atoms with E-state index >= 15 is 0 Å². The van der Waals surface area contributed by atoms with E-state index in [9.17, 15) is 0 Å². The van der Waals surface area contributed by atoms with Crippen molar-refractivity contribution in [3.63, 3.8) is 0 Å². The molecule has 2 saturated carbocycles. The maximum absolute atomic E-state index is 6.62. The van der Waals surface area contributed by atoms with Crippen LogP contribution in [-0.4, -0.2) is 53.9 Å². The maximum atomic E-state index is 6.62. The number of benzene rings is 1. The first-order valence-corrected chi connectivity index (χ1v) is 17.3. The molecule has 4 fully saturated rings. The van der Waals surface area contributed by atoms with Gasteiger partial charge in [-0.25, -0.2) is 0 Å². The fourth-order valence-corrected chi connectivity index (χ4v) is 8.05. The minimum absolute atomic E-state index is 0.0624. The molecule has 1 aromatic carbocycles. The zero-order chi connectivity index (χ0) is 29.9. The predicted molar refractivity (Wildman–Crippen MR) is 169 cm³/mol. The summed E-state index contributed by atoms with van der Waals surface area (Å²) in [7, 11) is 0. The van der Waals surface area contributed by atoms with Crippen LogP contribution in [0.3, 0.4) is 0 Å². The van der Waals surface area contributed by atoms with Gasteiger partial charge in [-0.15, -0.1) is 0 Å². The lowest BCUT2D eigenvalue weighted by Crippen LogP contribution is -2.35. The van der Waals surface area contributed by atoms with Crippen molar-refractivity contribution in [3.05, 3.63) is 50.9 Å². The van der Waals surface area contributed by atoms with E-state index in [1.54, 1.807) is 11.3 Å². The summed E-state index contributed by atoms with van der Waals surface area (Å²) < 4.78 is 38.4. The first kappa shape index (κ1) is 29.3. The number of nitrogens with zero attached hydrogens (tertiary/aromatic N) is 2. The van der Waals surface area contributed by atoms with E-state index in [-0.39, 0.29) is 30.5 Å². The first-order valence-electron chi connectivity index (χ1n) is 15.8. The monoisotopic (exact) mass is 658 g/mol. The Labute approximate surface area is 270 Å². The van der Waals surface area contributed by atoms with Gasteiger partial charge in [-0.3, -0.25) is 0 Å². The number of hydrogen-bond donors (Lipinski definition) is 0. The third-order valence-corrected chi connectivity index (χ3v) is 10.6. The third kappa shape index (κ3) is 5.80. The summed E-state index contributed by atoms with van der Waals surface area (Å²) in [5.41, 5.74) is 4.49. The lowest BCUT2D eigenvalue weighted by molar-refractivity contribution is -0.0429. The van der Waals surface area contributed by atoms with Crippen LogP contribution < -0.4 is 9.47 Å². The molecular weight excluding hydrogens is 623 g/mol. The summed E-state index contributed by atoms with van der Waals surface area (Å²) in [4.78, 5) is 4.85. The number of rotatable bonds is 11. The van der Waals surface area contributed by atoms with E-state index in [2.05, 4.69) is 17.3 Å². The largest absolute Gasteiger partial charge is 0.489 e. The molecule has 5 aliphatic rings. The maximum Gasteiger partial charge on any atom is 0.274 e. The highest BCUT2D eigenvalue weighted by molar-refractivity contribution is 7.20. The fourth-order valence-electron chi connectivity index (χ4n) is 6.44. The summed E-state index contributed by atoms with van der Waals surface area (Å²) in [6, 6.07) is 4.39. The molecule has 0 amide bonds. The molecule has 4 atom stereocenters. The van der Waals surface area contributed by atoms with Crippen LogP contribution in [0.1, 0.15) is 80.9 Å². The minimum atomic E-state index is -0.280. The molecule has 2 saturated heterocycles. The number of hydrogen-bond acceptors (Lipinski definition) is 9. The number of halogens is 2. The smallest absolute Gasteiger partial charge is 0.274 e. The molecule has 234 valence electrons. The molecule has 11 heteroatoms. The molecule has 8 nitrogen and oxygen atoms in total. The van der Waals surface area contributed by atoms with Crippen molar-refractivity contribution in [3.8, 4) is 10.9 Å². The molecular formula is C33H36Cl2N2O6S. The van der Waals surface area contributed by atoms with Gasteiger partial charge in [-0.2, -0.15) is 4.98 Å². The highest BCUT2D eigenvalue weighted by Crippen LogP contribution is 2.47. The van der Waals surface area contributed by atoms with E-state index in [1.165, 1.54) is 18.4 Å². The Balaban J connectivity index is 0.965. The van der Waals surface area contributed by atoms with Crippen LogP contribution in [0.5, 0.6) is 10.9 Å². The molecule has 0 radical (unpaired) electrons. The second-order valence-corrected chi connectivity index (χ2v) is 14.7. The van der Waals surface area contributed by atoms with Crippen molar-refractivity contribution < 1.29 is 28.2 Å². The highest BCUT2D eigenvalue weighted by Gasteiger charge is 2.50. The molecule has 44 heavy (non-hydrogen) atoms. The van der Waals surface area contributed by atoms with E-state index < -0.39 is 0 Å².